The Kier molecular flexibility index (Phi) is 8.53. The van der Waals surface area contributed by atoms with Crippen molar-refractivity contribution in [1.29, 1.82) is 0 Å². The van der Waals surface area contributed by atoms with Crippen molar-refractivity contribution in [2.24, 2.45) is 0 Å². The number of aromatic nitrogens is 2. The molecule has 3 heterocycles. The molecular weight excluding hydrogens is 528 g/mol. The van der Waals surface area contributed by atoms with Crippen molar-refractivity contribution in [1.82, 2.24) is 19.4 Å². The number of hydrogen-bond donors (Lipinski definition) is 2. The summed E-state index contributed by atoms with van der Waals surface area (Å²) in [6, 6.07) is 13.6. The van der Waals surface area contributed by atoms with Gasteiger partial charge in [-0.1, -0.05) is 12.1 Å². The summed E-state index contributed by atoms with van der Waals surface area (Å²) in [5.41, 5.74) is 1.57. The fourth-order valence-electron chi connectivity index (χ4n) is 5.17. The van der Waals surface area contributed by atoms with Crippen molar-refractivity contribution in [3.63, 3.8) is 0 Å². The number of ether oxygens (including phenoxy) is 1. The molecule has 0 radical (unpaired) electrons. The van der Waals surface area contributed by atoms with Gasteiger partial charge in [-0.25, -0.2) is 4.79 Å². The molecule has 4 aromatic rings. The van der Waals surface area contributed by atoms with E-state index in [1.165, 1.54) is 15.9 Å². The lowest BCUT2D eigenvalue weighted by molar-refractivity contribution is -0.116. The maximum Gasteiger partial charge on any atom is 0.328 e. The number of nitrogens with one attached hydrogen (secondary N) is 2. The first kappa shape index (κ1) is 27.9. The van der Waals surface area contributed by atoms with Gasteiger partial charge in [0.05, 0.1) is 18.3 Å². The molecule has 0 unspecified atom stereocenters. The van der Waals surface area contributed by atoms with Gasteiger partial charge in [-0.05, 0) is 57.4 Å². The van der Waals surface area contributed by atoms with E-state index in [4.69, 9.17) is 4.74 Å². The Bertz CT molecular complexity index is 1620. The van der Waals surface area contributed by atoms with Gasteiger partial charge in [0.2, 0.25) is 5.91 Å². The van der Waals surface area contributed by atoms with Gasteiger partial charge in [0.25, 0.3) is 5.56 Å². The van der Waals surface area contributed by atoms with Crippen molar-refractivity contribution in [3.05, 3.63) is 63.3 Å². The molecule has 1 aliphatic heterocycles. The zero-order chi connectivity index (χ0) is 28.2. The number of hydrogen-bond acceptors (Lipinski definition) is 8. The van der Waals surface area contributed by atoms with Gasteiger partial charge in [-0.15, -0.1) is 11.3 Å². The van der Waals surface area contributed by atoms with E-state index in [9.17, 15) is 14.4 Å². The number of nitrogens with zero attached hydrogens (tertiary/aromatic N) is 4. The number of benzene rings is 2. The standard InChI is InChI=1S/C29H36N6O4S/c1-32(2)12-6-9-25(36)30-20-10-11-24-21(19-20)26-27(40-24)28(37)35(29(38)31-26)18-15-33-13-16-34(17-14-33)22-7-4-5-8-23(22)39-3/h4-5,7-8,10-11,19H,6,9,12-18H2,1-3H3,(H,30,36)(H,31,38). The largest absolute Gasteiger partial charge is 0.495 e. The van der Waals surface area contributed by atoms with E-state index < -0.39 is 5.69 Å². The van der Waals surface area contributed by atoms with Crippen LogP contribution in [0.5, 0.6) is 5.75 Å². The smallest absolute Gasteiger partial charge is 0.328 e. The molecule has 212 valence electrons. The molecule has 1 amide bonds. The molecule has 0 saturated carbocycles. The maximum absolute atomic E-state index is 13.4. The number of para-hydroxylation sites is 2. The minimum absolute atomic E-state index is 0.0553. The molecule has 5 rings (SSSR count). The molecule has 1 aliphatic rings. The van der Waals surface area contributed by atoms with E-state index in [0.717, 1.165) is 60.7 Å². The van der Waals surface area contributed by atoms with Gasteiger partial charge in [0.15, 0.2) is 0 Å². The van der Waals surface area contributed by atoms with Crippen LogP contribution in [0.15, 0.2) is 52.1 Å². The second-order valence-corrected chi connectivity index (χ2v) is 11.4. The highest BCUT2D eigenvalue weighted by Crippen LogP contribution is 2.32. The van der Waals surface area contributed by atoms with E-state index in [0.29, 0.717) is 35.4 Å². The van der Waals surface area contributed by atoms with E-state index in [2.05, 4.69) is 26.2 Å². The average Bonchev–Trinajstić information content (AvgIpc) is 3.31. The number of methoxy groups -OCH3 is 1. The van der Waals surface area contributed by atoms with Crippen LogP contribution in [0.3, 0.4) is 0 Å². The minimum atomic E-state index is -0.414. The molecule has 11 heteroatoms. The van der Waals surface area contributed by atoms with Crippen LogP contribution in [0, 0.1) is 0 Å². The molecule has 1 saturated heterocycles. The number of aromatic amines is 1. The van der Waals surface area contributed by atoms with Crippen LogP contribution in [-0.4, -0.2) is 85.7 Å². The lowest BCUT2D eigenvalue weighted by atomic mass is 10.2. The van der Waals surface area contributed by atoms with E-state index in [1.807, 2.05) is 55.4 Å². The predicted molar refractivity (Wildman–Crippen MR) is 162 cm³/mol. The highest BCUT2D eigenvalue weighted by atomic mass is 32.1. The number of carbonyl (C=O) groups is 1. The summed E-state index contributed by atoms with van der Waals surface area (Å²) in [6.07, 6.45) is 1.20. The normalized spacial score (nSPS) is 14.3. The predicted octanol–water partition coefficient (Wildman–Crippen LogP) is 3.02. The molecule has 2 aromatic heterocycles. The summed E-state index contributed by atoms with van der Waals surface area (Å²) in [6.45, 7) is 5.13. The van der Waals surface area contributed by atoms with Crippen LogP contribution in [-0.2, 0) is 11.3 Å². The van der Waals surface area contributed by atoms with Crippen LogP contribution in [0.1, 0.15) is 12.8 Å². The zero-order valence-corrected chi connectivity index (χ0v) is 24.1. The second-order valence-electron chi connectivity index (χ2n) is 10.4. The van der Waals surface area contributed by atoms with Crippen molar-refractivity contribution in [2.45, 2.75) is 19.4 Å². The summed E-state index contributed by atoms with van der Waals surface area (Å²) in [7, 11) is 5.64. The van der Waals surface area contributed by atoms with Crippen LogP contribution in [0.2, 0.25) is 0 Å². The topological polar surface area (TPSA) is 103 Å². The van der Waals surface area contributed by atoms with Crippen molar-refractivity contribution in [3.8, 4) is 5.75 Å². The van der Waals surface area contributed by atoms with Gasteiger partial charge >= 0.3 is 5.69 Å². The molecule has 0 aliphatic carbocycles. The summed E-state index contributed by atoms with van der Waals surface area (Å²) < 4.78 is 8.22. The minimum Gasteiger partial charge on any atom is -0.495 e. The third-order valence-electron chi connectivity index (χ3n) is 7.34. The van der Waals surface area contributed by atoms with Gasteiger partial charge in [0.1, 0.15) is 10.4 Å². The fraction of sp³-hybridized carbons (Fsp3) is 0.414. The first-order valence-electron chi connectivity index (χ1n) is 13.6. The lowest BCUT2D eigenvalue weighted by Crippen LogP contribution is -2.48. The van der Waals surface area contributed by atoms with Crippen molar-refractivity contribution >= 4 is 48.9 Å². The average molecular weight is 565 g/mol. The molecule has 0 atom stereocenters. The lowest BCUT2D eigenvalue weighted by Gasteiger charge is -2.36. The first-order chi connectivity index (χ1) is 19.3. The molecule has 0 spiro atoms. The Morgan fingerprint density at radius 1 is 1.07 bits per heavy atom. The third kappa shape index (κ3) is 6.06. The van der Waals surface area contributed by atoms with Crippen LogP contribution >= 0.6 is 11.3 Å². The Balaban J connectivity index is 1.26. The number of piperazine rings is 1. The maximum atomic E-state index is 13.4. The Morgan fingerprint density at radius 2 is 1.85 bits per heavy atom. The zero-order valence-electron chi connectivity index (χ0n) is 23.2. The van der Waals surface area contributed by atoms with Crippen LogP contribution < -0.4 is 26.2 Å². The number of amides is 1. The van der Waals surface area contributed by atoms with Crippen molar-refractivity contribution in [2.75, 3.05) is 70.7 Å². The van der Waals surface area contributed by atoms with Crippen LogP contribution in [0.25, 0.3) is 20.3 Å². The molecule has 2 aromatic carbocycles. The molecule has 1 fully saturated rings. The van der Waals surface area contributed by atoms with Gasteiger partial charge in [-0.2, -0.15) is 0 Å². The Labute approximate surface area is 236 Å². The van der Waals surface area contributed by atoms with Gasteiger partial charge in [0, 0.05) is 61.5 Å². The number of carbonyl (C=O) groups excluding carboxylic acids is 1. The number of fused-ring (bicyclic) bond motifs is 3. The van der Waals surface area contributed by atoms with Crippen molar-refractivity contribution < 1.29 is 9.53 Å². The molecule has 10 nitrogen and oxygen atoms in total. The first-order valence-corrected chi connectivity index (χ1v) is 14.4. The molecule has 2 N–H and O–H groups in total. The molecule has 0 bridgehead atoms. The van der Waals surface area contributed by atoms with E-state index in [-0.39, 0.29) is 11.5 Å². The number of rotatable bonds is 10. The number of H-pyrrole nitrogens is 1. The van der Waals surface area contributed by atoms with Gasteiger partial charge < -0.3 is 24.8 Å². The van der Waals surface area contributed by atoms with Crippen LogP contribution in [0.4, 0.5) is 11.4 Å². The summed E-state index contributed by atoms with van der Waals surface area (Å²) in [4.78, 5) is 48.3. The van der Waals surface area contributed by atoms with E-state index in [1.54, 1.807) is 7.11 Å². The van der Waals surface area contributed by atoms with Gasteiger partial charge in [-0.3, -0.25) is 19.1 Å². The third-order valence-corrected chi connectivity index (χ3v) is 8.49. The summed E-state index contributed by atoms with van der Waals surface area (Å²) >= 11 is 1.36. The molecular formula is C29H36N6O4S. The Morgan fingerprint density at radius 3 is 2.60 bits per heavy atom. The second kappa shape index (κ2) is 12.2. The number of thiophene rings is 1. The van der Waals surface area contributed by atoms with E-state index >= 15 is 0 Å². The SMILES string of the molecule is COc1ccccc1N1CCN(CCn2c(=O)[nH]c3c(sc4ccc(NC(=O)CCCN(C)C)cc43)c2=O)CC1. The fourth-order valence-corrected chi connectivity index (χ4v) is 6.25. The highest BCUT2D eigenvalue weighted by Gasteiger charge is 2.20. The number of anilines is 2. The quantitative estimate of drug-likeness (QED) is 0.305. The summed E-state index contributed by atoms with van der Waals surface area (Å²) in [5, 5.41) is 3.70. The summed E-state index contributed by atoms with van der Waals surface area (Å²) in [5.74, 6) is 0.806. The highest BCUT2D eigenvalue weighted by molar-refractivity contribution is 7.25. The molecule has 40 heavy (non-hydrogen) atoms. The Hall–Kier alpha value is -3.67. The monoisotopic (exact) mass is 564 g/mol.